The van der Waals surface area contributed by atoms with Crippen molar-refractivity contribution in [2.75, 3.05) is 24.6 Å². The van der Waals surface area contributed by atoms with Crippen LogP contribution in [0.1, 0.15) is 47.2 Å². The van der Waals surface area contributed by atoms with Gasteiger partial charge in [-0.1, -0.05) is 26.0 Å². The maximum atomic E-state index is 12.8. The topological polar surface area (TPSA) is 46.3 Å². The number of hydrogen-bond acceptors (Lipinski definition) is 4. The molecule has 0 aromatic heterocycles. The van der Waals surface area contributed by atoms with Crippen LogP contribution in [0.2, 0.25) is 0 Å². The fourth-order valence-electron chi connectivity index (χ4n) is 3.19. The molecular weight excluding hydrogens is 360 g/mol. The zero-order valence-electron chi connectivity index (χ0n) is 14.4. The third kappa shape index (κ3) is 4.43. The molecule has 1 atom stereocenters. The number of nitrogens with zero attached hydrogens (tertiary/aromatic N) is 1. The van der Waals surface area contributed by atoms with E-state index >= 15 is 0 Å². The lowest BCUT2D eigenvalue weighted by Crippen LogP contribution is -2.53. The van der Waals surface area contributed by atoms with Crippen LogP contribution in [0.15, 0.2) is 24.3 Å². The summed E-state index contributed by atoms with van der Waals surface area (Å²) in [6, 6.07) is 8.42. The summed E-state index contributed by atoms with van der Waals surface area (Å²) in [5, 5.41) is 0. The third-order valence-corrected chi connectivity index (χ3v) is 7.87. The van der Waals surface area contributed by atoms with Gasteiger partial charge < -0.3 is 10.6 Å². The Morgan fingerprint density at radius 3 is 2.42 bits per heavy atom. The van der Waals surface area contributed by atoms with Crippen LogP contribution in [0.3, 0.4) is 0 Å². The average Bonchev–Trinajstić information content (AvgIpc) is 2.57. The standard InChI is InChI=1S/C18H26N2OS2.ClH/c1-18(2)12-20(9-8-15(18)19)16(21)13-4-6-14(7-5-13)17-22-10-3-11-23-17;/h4-7,15,17H,3,8-12,19H2,1-2H3;1H. The van der Waals surface area contributed by atoms with Gasteiger partial charge in [0.25, 0.3) is 5.91 Å². The first-order valence-corrected chi connectivity index (χ1v) is 10.5. The maximum Gasteiger partial charge on any atom is 0.253 e. The predicted molar refractivity (Wildman–Crippen MR) is 108 cm³/mol. The van der Waals surface area contributed by atoms with E-state index < -0.39 is 0 Å². The molecule has 3 rings (SSSR count). The first kappa shape index (κ1) is 20.0. The van der Waals surface area contributed by atoms with Gasteiger partial charge in [-0.25, -0.2) is 0 Å². The molecule has 6 heteroatoms. The Kier molecular flexibility index (Phi) is 6.94. The monoisotopic (exact) mass is 386 g/mol. The molecule has 3 nitrogen and oxygen atoms in total. The minimum Gasteiger partial charge on any atom is -0.338 e. The largest absolute Gasteiger partial charge is 0.338 e. The molecule has 0 aliphatic carbocycles. The van der Waals surface area contributed by atoms with Crippen LogP contribution >= 0.6 is 35.9 Å². The summed E-state index contributed by atoms with van der Waals surface area (Å²) in [4.78, 5) is 14.7. The molecule has 2 saturated heterocycles. The fourth-order valence-corrected chi connectivity index (χ4v) is 6.09. The van der Waals surface area contributed by atoms with Crippen molar-refractivity contribution in [2.24, 2.45) is 11.1 Å². The van der Waals surface area contributed by atoms with E-state index in [1.807, 2.05) is 40.6 Å². The van der Waals surface area contributed by atoms with E-state index in [2.05, 4.69) is 26.0 Å². The molecule has 1 unspecified atom stereocenters. The zero-order valence-corrected chi connectivity index (χ0v) is 16.8. The van der Waals surface area contributed by atoms with Crippen LogP contribution in [-0.4, -0.2) is 41.4 Å². The van der Waals surface area contributed by atoms with Gasteiger partial charge in [0.2, 0.25) is 0 Å². The van der Waals surface area contributed by atoms with Crippen molar-refractivity contribution in [1.29, 1.82) is 0 Å². The Labute approximate surface area is 159 Å². The number of rotatable bonds is 2. The van der Waals surface area contributed by atoms with Crippen LogP contribution in [-0.2, 0) is 0 Å². The molecule has 1 amide bonds. The average molecular weight is 387 g/mol. The lowest BCUT2D eigenvalue weighted by atomic mass is 9.79. The van der Waals surface area contributed by atoms with E-state index in [4.69, 9.17) is 5.73 Å². The Morgan fingerprint density at radius 1 is 1.21 bits per heavy atom. The van der Waals surface area contributed by atoms with Crippen LogP contribution in [0, 0.1) is 5.41 Å². The first-order chi connectivity index (χ1) is 11.0. The Hall–Kier alpha value is -0.360. The number of benzene rings is 1. The van der Waals surface area contributed by atoms with Gasteiger partial charge in [0, 0.05) is 24.7 Å². The minimum atomic E-state index is -0.0107. The molecule has 0 saturated carbocycles. The molecule has 2 aliphatic rings. The van der Waals surface area contributed by atoms with Gasteiger partial charge in [-0.05, 0) is 47.5 Å². The third-order valence-electron chi connectivity index (χ3n) is 4.86. The van der Waals surface area contributed by atoms with E-state index in [0.29, 0.717) is 4.58 Å². The summed E-state index contributed by atoms with van der Waals surface area (Å²) in [7, 11) is 0. The molecule has 2 N–H and O–H groups in total. The molecule has 1 aromatic carbocycles. The predicted octanol–water partition coefficient (Wildman–Crippen LogP) is 4.18. The zero-order chi connectivity index (χ0) is 16.4. The van der Waals surface area contributed by atoms with Crippen LogP contribution in [0.5, 0.6) is 0 Å². The van der Waals surface area contributed by atoms with Crippen molar-refractivity contribution in [3.05, 3.63) is 35.4 Å². The molecule has 2 aliphatic heterocycles. The second-order valence-corrected chi connectivity index (χ2v) is 9.88. The molecule has 24 heavy (non-hydrogen) atoms. The summed E-state index contributed by atoms with van der Waals surface area (Å²) in [5.41, 5.74) is 8.29. The number of thioether (sulfide) groups is 2. The minimum absolute atomic E-state index is 0. The Bertz CT molecular complexity index is 559. The highest BCUT2D eigenvalue weighted by Gasteiger charge is 2.35. The quantitative estimate of drug-likeness (QED) is 0.828. The van der Waals surface area contributed by atoms with Crippen molar-refractivity contribution in [3.8, 4) is 0 Å². The van der Waals surface area contributed by atoms with Gasteiger partial charge in [-0.3, -0.25) is 4.79 Å². The van der Waals surface area contributed by atoms with Gasteiger partial charge in [0.05, 0.1) is 4.58 Å². The molecule has 1 aromatic rings. The molecule has 134 valence electrons. The number of likely N-dealkylation sites (tertiary alicyclic amines) is 1. The summed E-state index contributed by atoms with van der Waals surface area (Å²) in [5.74, 6) is 2.61. The van der Waals surface area contributed by atoms with Crippen molar-refractivity contribution in [3.63, 3.8) is 0 Å². The molecule has 0 bridgehead atoms. The van der Waals surface area contributed by atoms with E-state index in [9.17, 15) is 4.79 Å². The number of nitrogens with two attached hydrogens (primary N) is 1. The van der Waals surface area contributed by atoms with Gasteiger partial charge >= 0.3 is 0 Å². The first-order valence-electron chi connectivity index (χ1n) is 8.35. The van der Waals surface area contributed by atoms with Crippen LogP contribution in [0.4, 0.5) is 0 Å². The van der Waals surface area contributed by atoms with Crippen LogP contribution in [0.25, 0.3) is 0 Å². The second-order valence-electron chi connectivity index (χ2n) is 7.16. The van der Waals surface area contributed by atoms with Gasteiger partial charge in [-0.2, -0.15) is 0 Å². The normalized spacial score (nSPS) is 24.3. The summed E-state index contributed by atoms with van der Waals surface area (Å²) < 4.78 is 0.528. The molecule has 2 heterocycles. The van der Waals surface area contributed by atoms with Gasteiger partial charge in [0.15, 0.2) is 0 Å². The smallest absolute Gasteiger partial charge is 0.253 e. The summed E-state index contributed by atoms with van der Waals surface area (Å²) in [6.07, 6.45) is 2.18. The Balaban J connectivity index is 0.00000208. The fraction of sp³-hybridized carbons (Fsp3) is 0.611. The summed E-state index contributed by atoms with van der Waals surface area (Å²) in [6.45, 7) is 5.80. The van der Waals surface area contributed by atoms with Gasteiger partial charge in [0.1, 0.15) is 0 Å². The van der Waals surface area contributed by atoms with E-state index in [1.54, 1.807) is 0 Å². The van der Waals surface area contributed by atoms with E-state index in [1.165, 1.54) is 23.5 Å². The highest BCUT2D eigenvalue weighted by Crippen LogP contribution is 2.43. The molecule has 0 spiro atoms. The lowest BCUT2D eigenvalue weighted by molar-refractivity contribution is 0.0533. The van der Waals surface area contributed by atoms with E-state index in [0.717, 1.165) is 25.1 Å². The van der Waals surface area contributed by atoms with Gasteiger partial charge in [-0.15, -0.1) is 35.9 Å². The van der Waals surface area contributed by atoms with Crippen molar-refractivity contribution < 1.29 is 4.79 Å². The van der Waals surface area contributed by atoms with Crippen molar-refractivity contribution in [1.82, 2.24) is 4.90 Å². The number of halogens is 1. The second kappa shape index (κ2) is 8.35. The number of hydrogen-bond donors (Lipinski definition) is 1. The number of amides is 1. The summed E-state index contributed by atoms with van der Waals surface area (Å²) >= 11 is 4.02. The van der Waals surface area contributed by atoms with Crippen molar-refractivity contribution in [2.45, 2.75) is 37.3 Å². The SMILES string of the molecule is CC1(C)CN(C(=O)c2ccc(C3SCCCS3)cc2)CCC1N.Cl. The number of carbonyl (C=O) groups excluding carboxylic acids is 1. The van der Waals surface area contributed by atoms with E-state index in [-0.39, 0.29) is 29.8 Å². The number of carbonyl (C=O) groups is 1. The highest BCUT2D eigenvalue weighted by atomic mass is 35.5. The Morgan fingerprint density at radius 2 is 1.83 bits per heavy atom. The number of piperidine rings is 1. The molecule has 0 radical (unpaired) electrons. The maximum absolute atomic E-state index is 12.8. The molecule has 2 fully saturated rings. The lowest BCUT2D eigenvalue weighted by Gasteiger charge is -2.42. The molecular formula is C18H27ClN2OS2. The van der Waals surface area contributed by atoms with Crippen LogP contribution < -0.4 is 5.73 Å². The highest BCUT2D eigenvalue weighted by molar-refractivity contribution is 8.16. The van der Waals surface area contributed by atoms with Crippen molar-refractivity contribution >= 4 is 41.8 Å².